The number of carbonyl (C=O) groups is 1. The van der Waals surface area contributed by atoms with Crippen LogP contribution in [0.3, 0.4) is 0 Å². The van der Waals surface area contributed by atoms with Gasteiger partial charge in [-0.1, -0.05) is 41.4 Å². The van der Waals surface area contributed by atoms with Crippen LogP contribution in [0.5, 0.6) is 5.75 Å². The van der Waals surface area contributed by atoms with E-state index in [0.29, 0.717) is 41.1 Å². The van der Waals surface area contributed by atoms with Crippen LogP contribution >= 0.6 is 23.2 Å². The van der Waals surface area contributed by atoms with E-state index in [0.717, 1.165) is 5.56 Å². The van der Waals surface area contributed by atoms with Gasteiger partial charge in [0.2, 0.25) is 0 Å². The van der Waals surface area contributed by atoms with Crippen LogP contribution in [-0.2, 0) is 6.61 Å². The SMILES string of the molecule is CCN(CC)C(=O)c1ccccc1OCc1ccc(Cl)c(Cl)c1. The summed E-state index contributed by atoms with van der Waals surface area (Å²) in [5.74, 6) is 0.537. The average molecular weight is 352 g/mol. The van der Waals surface area contributed by atoms with Crippen molar-refractivity contribution < 1.29 is 9.53 Å². The van der Waals surface area contributed by atoms with Gasteiger partial charge in [-0.3, -0.25) is 4.79 Å². The van der Waals surface area contributed by atoms with Crippen molar-refractivity contribution in [2.75, 3.05) is 13.1 Å². The van der Waals surface area contributed by atoms with Crippen LogP contribution < -0.4 is 4.74 Å². The average Bonchev–Trinajstić information content (AvgIpc) is 2.57. The highest BCUT2D eigenvalue weighted by Crippen LogP contribution is 2.25. The second kappa shape index (κ2) is 8.23. The van der Waals surface area contributed by atoms with Gasteiger partial charge in [0, 0.05) is 13.1 Å². The molecule has 0 atom stereocenters. The number of hydrogen-bond donors (Lipinski definition) is 0. The molecule has 3 nitrogen and oxygen atoms in total. The molecule has 0 aromatic heterocycles. The summed E-state index contributed by atoms with van der Waals surface area (Å²) in [6.45, 7) is 5.56. The van der Waals surface area contributed by atoms with Gasteiger partial charge >= 0.3 is 0 Å². The maximum atomic E-state index is 12.5. The Balaban J connectivity index is 2.17. The molecule has 1 amide bonds. The van der Waals surface area contributed by atoms with Gasteiger partial charge in [-0.25, -0.2) is 0 Å². The number of ether oxygens (including phenoxy) is 1. The Bertz CT molecular complexity index is 684. The maximum Gasteiger partial charge on any atom is 0.257 e. The third kappa shape index (κ3) is 4.40. The van der Waals surface area contributed by atoms with Crippen LogP contribution in [0.4, 0.5) is 0 Å². The summed E-state index contributed by atoms with van der Waals surface area (Å²) in [5.41, 5.74) is 1.46. The Morgan fingerprint density at radius 1 is 1.04 bits per heavy atom. The molecule has 2 rings (SSSR count). The van der Waals surface area contributed by atoms with Crippen molar-refractivity contribution in [1.82, 2.24) is 4.90 Å². The van der Waals surface area contributed by atoms with Crippen LogP contribution in [0.15, 0.2) is 42.5 Å². The number of para-hydroxylation sites is 1. The first-order valence-corrected chi connectivity index (χ1v) is 8.27. The fourth-order valence-corrected chi connectivity index (χ4v) is 2.56. The predicted octanol–water partition coefficient (Wildman–Crippen LogP) is 5.05. The summed E-state index contributed by atoms with van der Waals surface area (Å²) in [5, 5.41) is 0.993. The van der Waals surface area contributed by atoms with E-state index in [9.17, 15) is 4.79 Å². The molecule has 0 bridgehead atoms. The number of benzene rings is 2. The van der Waals surface area contributed by atoms with Crippen LogP contribution in [0, 0.1) is 0 Å². The Morgan fingerprint density at radius 3 is 2.39 bits per heavy atom. The predicted molar refractivity (Wildman–Crippen MR) is 94.5 cm³/mol. The van der Waals surface area contributed by atoms with Gasteiger partial charge in [0.15, 0.2) is 0 Å². The summed E-state index contributed by atoms with van der Waals surface area (Å²) in [7, 11) is 0. The van der Waals surface area contributed by atoms with E-state index < -0.39 is 0 Å². The molecule has 0 unspecified atom stereocenters. The number of nitrogens with zero attached hydrogens (tertiary/aromatic N) is 1. The number of carbonyl (C=O) groups excluding carboxylic acids is 1. The van der Waals surface area contributed by atoms with E-state index in [-0.39, 0.29) is 5.91 Å². The molecular formula is C18H19Cl2NO2. The first-order valence-electron chi connectivity index (χ1n) is 7.51. The summed E-state index contributed by atoms with van der Waals surface area (Å²) >= 11 is 11.9. The minimum Gasteiger partial charge on any atom is -0.488 e. The van der Waals surface area contributed by atoms with E-state index in [1.165, 1.54) is 0 Å². The molecule has 2 aromatic rings. The molecule has 0 heterocycles. The molecule has 0 fully saturated rings. The molecule has 0 spiro atoms. The van der Waals surface area contributed by atoms with E-state index >= 15 is 0 Å². The minimum atomic E-state index is -0.0280. The zero-order chi connectivity index (χ0) is 16.8. The van der Waals surface area contributed by atoms with Crippen molar-refractivity contribution in [3.05, 3.63) is 63.6 Å². The molecule has 5 heteroatoms. The summed E-state index contributed by atoms with van der Waals surface area (Å²) in [6.07, 6.45) is 0. The molecule has 0 aliphatic rings. The molecule has 0 saturated heterocycles. The van der Waals surface area contributed by atoms with Crippen molar-refractivity contribution in [3.8, 4) is 5.75 Å². The van der Waals surface area contributed by atoms with Gasteiger partial charge in [0.25, 0.3) is 5.91 Å². The van der Waals surface area contributed by atoms with Crippen molar-refractivity contribution >= 4 is 29.1 Å². The van der Waals surface area contributed by atoms with E-state index in [1.54, 1.807) is 29.2 Å². The smallest absolute Gasteiger partial charge is 0.257 e. The zero-order valence-corrected chi connectivity index (χ0v) is 14.7. The van der Waals surface area contributed by atoms with Gasteiger partial charge in [0.1, 0.15) is 12.4 Å². The topological polar surface area (TPSA) is 29.5 Å². The third-order valence-corrected chi connectivity index (χ3v) is 4.29. The van der Waals surface area contributed by atoms with E-state index in [2.05, 4.69) is 0 Å². The quantitative estimate of drug-likeness (QED) is 0.728. The van der Waals surface area contributed by atoms with Gasteiger partial charge < -0.3 is 9.64 Å². The first kappa shape index (κ1) is 17.6. The Hall–Kier alpha value is -1.71. The van der Waals surface area contributed by atoms with Gasteiger partial charge in [-0.05, 0) is 43.7 Å². The molecule has 23 heavy (non-hydrogen) atoms. The van der Waals surface area contributed by atoms with Crippen LogP contribution in [0.1, 0.15) is 29.8 Å². The van der Waals surface area contributed by atoms with Crippen molar-refractivity contribution in [3.63, 3.8) is 0 Å². The Morgan fingerprint density at radius 2 is 1.74 bits per heavy atom. The third-order valence-electron chi connectivity index (χ3n) is 3.55. The van der Waals surface area contributed by atoms with Crippen LogP contribution in [-0.4, -0.2) is 23.9 Å². The van der Waals surface area contributed by atoms with E-state index in [4.69, 9.17) is 27.9 Å². The lowest BCUT2D eigenvalue weighted by molar-refractivity contribution is 0.0768. The Labute approximate surface area is 146 Å². The second-order valence-corrected chi connectivity index (χ2v) is 5.83. The maximum absolute atomic E-state index is 12.5. The summed E-state index contributed by atoms with van der Waals surface area (Å²) < 4.78 is 5.83. The van der Waals surface area contributed by atoms with E-state index in [1.807, 2.05) is 32.0 Å². The molecule has 0 aliphatic carbocycles. The van der Waals surface area contributed by atoms with Crippen molar-refractivity contribution in [1.29, 1.82) is 0 Å². The second-order valence-electron chi connectivity index (χ2n) is 5.01. The first-order chi connectivity index (χ1) is 11.1. The highest BCUT2D eigenvalue weighted by Gasteiger charge is 2.17. The van der Waals surface area contributed by atoms with Crippen molar-refractivity contribution in [2.45, 2.75) is 20.5 Å². The van der Waals surface area contributed by atoms with Gasteiger partial charge in [-0.15, -0.1) is 0 Å². The van der Waals surface area contributed by atoms with Crippen LogP contribution in [0.2, 0.25) is 10.0 Å². The number of rotatable bonds is 6. The standard InChI is InChI=1S/C18H19Cl2NO2/c1-3-21(4-2)18(22)14-7-5-6-8-17(14)23-12-13-9-10-15(19)16(20)11-13/h5-11H,3-4,12H2,1-2H3. The molecule has 0 saturated carbocycles. The lowest BCUT2D eigenvalue weighted by Crippen LogP contribution is -2.30. The zero-order valence-electron chi connectivity index (χ0n) is 13.2. The Kier molecular flexibility index (Phi) is 6.31. The largest absolute Gasteiger partial charge is 0.488 e. The molecular weight excluding hydrogens is 333 g/mol. The fraction of sp³-hybridized carbons (Fsp3) is 0.278. The van der Waals surface area contributed by atoms with Gasteiger partial charge in [-0.2, -0.15) is 0 Å². The number of hydrogen-bond acceptors (Lipinski definition) is 2. The fourth-order valence-electron chi connectivity index (χ4n) is 2.24. The van der Waals surface area contributed by atoms with Crippen LogP contribution in [0.25, 0.3) is 0 Å². The highest BCUT2D eigenvalue weighted by atomic mass is 35.5. The number of halogens is 2. The monoisotopic (exact) mass is 351 g/mol. The van der Waals surface area contributed by atoms with Crippen molar-refractivity contribution in [2.24, 2.45) is 0 Å². The molecule has 2 aromatic carbocycles. The minimum absolute atomic E-state index is 0.0280. The molecule has 0 aliphatic heterocycles. The number of amides is 1. The molecule has 0 radical (unpaired) electrons. The van der Waals surface area contributed by atoms with Gasteiger partial charge in [0.05, 0.1) is 15.6 Å². The normalized spacial score (nSPS) is 10.4. The lowest BCUT2D eigenvalue weighted by atomic mass is 10.1. The lowest BCUT2D eigenvalue weighted by Gasteiger charge is -2.20. The summed E-state index contributed by atoms with van der Waals surface area (Å²) in [6, 6.07) is 12.6. The molecule has 122 valence electrons. The molecule has 0 N–H and O–H groups in total. The highest BCUT2D eigenvalue weighted by molar-refractivity contribution is 6.42. The summed E-state index contributed by atoms with van der Waals surface area (Å²) in [4.78, 5) is 14.3.